The molecule has 0 aromatic rings. The Hall–Kier alpha value is -0.590. The summed E-state index contributed by atoms with van der Waals surface area (Å²) in [6, 6.07) is 0. The molecule has 3 rings (SSSR count). The molecular formula is C15H22O. The van der Waals surface area contributed by atoms with E-state index in [1.165, 1.54) is 19.3 Å². The summed E-state index contributed by atoms with van der Waals surface area (Å²) in [6.07, 6.45) is 4.59. The van der Waals surface area contributed by atoms with Crippen LogP contribution >= 0.6 is 0 Å². The summed E-state index contributed by atoms with van der Waals surface area (Å²) < 4.78 is 0. The van der Waals surface area contributed by atoms with Crippen LogP contribution in [0.15, 0.2) is 12.2 Å². The quantitative estimate of drug-likeness (QED) is 0.568. The lowest BCUT2D eigenvalue weighted by Gasteiger charge is -2.41. The van der Waals surface area contributed by atoms with Gasteiger partial charge in [-0.15, -0.1) is 0 Å². The molecular weight excluding hydrogens is 196 g/mol. The van der Waals surface area contributed by atoms with Crippen LogP contribution in [0.4, 0.5) is 0 Å². The normalized spacial score (nSPS) is 49.6. The zero-order chi connectivity index (χ0) is 11.7. The Morgan fingerprint density at radius 1 is 1.25 bits per heavy atom. The van der Waals surface area contributed by atoms with Gasteiger partial charge in [0.25, 0.3) is 0 Å². The lowest BCUT2D eigenvalue weighted by Crippen LogP contribution is -2.35. The molecule has 3 saturated carbocycles. The van der Waals surface area contributed by atoms with Gasteiger partial charge in [0.05, 0.1) is 0 Å². The molecule has 0 amide bonds. The zero-order valence-electron chi connectivity index (χ0n) is 10.7. The Kier molecular flexibility index (Phi) is 1.85. The van der Waals surface area contributed by atoms with Gasteiger partial charge in [-0.2, -0.15) is 0 Å². The number of carbonyl (C=O) groups excluding carboxylic acids is 1. The van der Waals surface area contributed by atoms with Crippen molar-refractivity contribution in [2.75, 3.05) is 0 Å². The predicted molar refractivity (Wildman–Crippen MR) is 65.0 cm³/mol. The van der Waals surface area contributed by atoms with Crippen molar-refractivity contribution in [1.29, 1.82) is 0 Å². The fourth-order valence-electron chi connectivity index (χ4n) is 5.27. The number of carbonyl (C=O) groups is 1. The van der Waals surface area contributed by atoms with Crippen LogP contribution in [0.1, 0.15) is 46.5 Å². The van der Waals surface area contributed by atoms with Crippen molar-refractivity contribution in [3.8, 4) is 0 Å². The molecule has 88 valence electrons. The SMILES string of the molecule is C=C1C(=O)C[C@H]2[C@@H]3CC[C@H](C)[C@]12CC3(C)C. The van der Waals surface area contributed by atoms with Crippen LogP contribution in [0.2, 0.25) is 0 Å². The number of Topliss-reactive ketones (excluding diaryl/α,β-unsaturated/α-hetero) is 1. The summed E-state index contributed by atoms with van der Waals surface area (Å²) in [5.74, 6) is 2.40. The van der Waals surface area contributed by atoms with Crippen molar-refractivity contribution >= 4 is 5.78 Å². The molecule has 0 N–H and O–H groups in total. The summed E-state index contributed by atoms with van der Waals surface area (Å²) in [5.41, 5.74) is 1.57. The number of rotatable bonds is 0. The van der Waals surface area contributed by atoms with E-state index in [1.807, 2.05) is 0 Å². The predicted octanol–water partition coefficient (Wildman–Crippen LogP) is 3.59. The molecule has 0 aromatic heterocycles. The van der Waals surface area contributed by atoms with E-state index in [4.69, 9.17) is 0 Å². The maximum absolute atomic E-state index is 12.0. The fourth-order valence-corrected chi connectivity index (χ4v) is 5.27. The van der Waals surface area contributed by atoms with Gasteiger partial charge in [-0.25, -0.2) is 0 Å². The van der Waals surface area contributed by atoms with Gasteiger partial charge >= 0.3 is 0 Å². The number of hydrogen-bond acceptors (Lipinski definition) is 1. The Bertz CT molecular complexity index is 379. The minimum Gasteiger partial charge on any atom is -0.295 e. The van der Waals surface area contributed by atoms with Crippen LogP contribution in [0, 0.1) is 28.6 Å². The van der Waals surface area contributed by atoms with Crippen molar-refractivity contribution in [2.45, 2.75) is 46.5 Å². The Morgan fingerprint density at radius 3 is 2.56 bits per heavy atom. The highest BCUT2D eigenvalue weighted by atomic mass is 16.1. The third kappa shape index (κ3) is 0.959. The van der Waals surface area contributed by atoms with E-state index >= 15 is 0 Å². The summed E-state index contributed by atoms with van der Waals surface area (Å²) in [5, 5.41) is 0. The highest BCUT2D eigenvalue weighted by Gasteiger charge is 2.66. The fraction of sp³-hybridized carbons (Fsp3) is 0.800. The summed E-state index contributed by atoms with van der Waals surface area (Å²) >= 11 is 0. The molecule has 1 heteroatoms. The topological polar surface area (TPSA) is 17.1 Å². The van der Waals surface area contributed by atoms with Gasteiger partial charge in [0.1, 0.15) is 0 Å². The number of hydrogen-bond donors (Lipinski definition) is 0. The van der Waals surface area contributed by atoms with Crippen LogP contribution in [-0.2, 0) is 4.79 Å². The van der Waals surface area contributed by atoms with Crippen molar-refractivity contribution < 1.29 is 4.79 Å². The molecule has 0 aliphatic heterocycles. The van der Waals surface area contributed by atoms with E-state index in [9.17, 15) is 4.79 Å². The van der Waals surface area contributed by atoms with Crippen molar-refractivity contribution in [2.24, 2.45) is 28.6 Å². The molecule has 3 fully saturated rings. The third-order valence-electron chi connectivity index (χ3n) is 5.99. The second-order valence-electron chi connectivity index (χ2n) is 7.00. The molecule has 3 aliphatic rings. The first-order valence-electron chi connectivity index (χ1n) is 6.62. The molecule has 0 spiro atoms. The van der Waals surface area contributed by atoms with Gasteiger partial charge in [-0.3, -0.25) is 4.79 Å². The molecule has 0 aromatic carbocycles. The molecule has 0 heterocycles. The first kappa shape index (κ1) is 10.6. The van der Waals surface area contributed by atoms with Gasteiger partial charge in [0.15, 0.2) is 5.78 Å². The minimum absolute atomic E-state index is 0.184. The molecule has 4 atom stereocenters. The standard InChI is InChI=1S/C15H22O/c1-9-5-6-11-12-7-13(16)10(2)15(9,12)8-14(11,3)4/h9,11-12H,2,5-8H2,1,3-4H3/t9-,11-,12-,15+/m0/s1. The summed E-state index contributed by atoms with van der Waals surface area (Å²) in [7, 11) is 0. The van der Waals surface area contributed by atoms with Gasteiger partial charge < -0.3 is 0 Å². The average molecular weight is 218 g/mol. The van der Waals surface area contributed by atoms with Gasteiger partial charge in [0.2, 0.25) is 0 Å². The second-order valence-corrected chi connectivity index (χ2v) is 7.00. The van der Waals surface area contributed by atoms with Crippen LogP contribution in [0.25, 0.3) is 0 Å². The van der Waals surface area contributed by atoms with Crippen molar-refractivity contribution in [3.63, 3.8) is 0 Å². The molecule has 3 aliphatic carbocycles. The molecule has 2 bridgehead atoms. The Labute approximate surface area is 98.3 Å². The van der Waals surface area contributed by atoms with E-state index < -0.39 is 0 Å². The first-order valence-corrected chi connectivity index (χ1v) is 6.62. The lowest BCUT2D eigenvalue weighted by molar-refractivity contribution is -0.115. The molecule has 0 saturated heterocycles. The van der Waals surface area contributed by atoms with Gasteiger partial charge in [-0.05, 0) is 48.0 Å². The second kappa shape index (κ2) is 2.80. The third-order valence-corrected chi connectivity index (χ3v) is 5.99. The van der Waals surface area contributed by atoms with Gasteiger partial charge in [-0.1, -0.05) is 27.4 Å². The van der Waals surface area contributed by atoms with E-state index in [-0.39, 0.29) is 5.41 Å². The summed E-state index contributed by atoms with van der Waals surface area (Å²) in [6.45, 7) is 11.3. The highest BCUT2D eigenvalue weighted by molar-refractivity contribution is 5.99. The van der Waals surface area contributed by atoms with E-state index in [0.717, 1.165) is 17.9 Å². The van der Waals surface area contributed by atoms with E-state index in [1.54, 1.807) is 0 Å². The van der Waals surface area contributed by atoms with Crippen molar-refractivity contribution in [1.82, 2.24) is 0 Å². The molecule has 0 radical (unpaired) electrons. The highest BCUT2D eigenvalue weighted by Crippen LogP contribution is 2.71. The molecule has 1 nitrogen and oxygen atoms in total. The first-order chi connectivity index (χ1) is 7.39. The Morgan fingerprint density at radius 2 is 1.94 bits per heavy atom. The molecule has 0 unspecified atom stereocenters. The minimum atomic E-state index is 0.184. The van der Waals surface area contributed by atoms with Crippen molar-refractivity contribution in [3.05, 3.63) is 12.2 Å². The number of ketones is 1. The lowest BCUT2D eigenvalue weighted by atomic mass is 9.62. The van der Waals surface area contributed by atoms with Crippen LogP contribution in [0.5, 0.6) is 0 Å². The maximum Gasteiger partial charge on any atom is 0.159 e. The van der Waals surface area contributed by atoms with Gasteiger partial charge in [0, 0.05) is 11.8 Å². The smallest absolute Gasteiger partial charge is 0.159 e. The average Bonchev–Trinajstić information content (AvgIpc) is 2.51. The van der Waals surface area contributed by atoms with E-state index in [0.29, 0.717) is 23.0 Å². The Balaban J connectivity index is 2.14. The van der Waals surface area contributed by atoms with Crippen LogP contribution in [-0.4, -0.2) is 5.78 Å². The summed E-state index contributed by atoms with van der Waals surface area (Å²) in [4.78, 5) is 12.0. The number of allylic oxidation sites excluding steroid dienone is 1. The molecule has 16 heavy (non-hydrogen) atoms. The van der Waals surface area contributed by atoms with Crippen LogP contribution < -0.4 is 0 Å². The van der Waals surface area contributed by atoms with Crippen LogP contribution in [0.3, 0.4) is 0 Å². The monoisotopic (exact) mass is 218 g/mol. The largest absolute Gasteiger partial charge is 0.295 e. The zero-order valence-corrected chi connectivity index (χ0v) is 10.7. The van der Waals surface area contributed by atoms with E-state index in [2.05, 4.69) is 27.4 Å². The maximum atomic E-state index is 12.0.